The maximum atomic E-state index is 11.9. The van der Waals surface area contributed by atoms with Gasteiger partial charge in [-0.25, -0.2) is 0 Å². The SMILES string of the molecule is CCC(C)OCC(=O)NC(CC(=O)O)c1ccc(SC)cc1. The zero-order valence-electron chi connectivity index (χ0n) is 13.2. The summed E-state index contributed by atoms with van der Waals surface area (Å²) in [5.74, 6) is -1.26. The number of rotatable bonds is 9. The van der Waals surface area contributed by atoms with Gasteiger partial charge in [-0.05, 0) is 37.3 Å². The minimum Gasteiger partial charge on any atom is -0.481 e. The molecule has 1 rings (SSSR count). The van der Waals surface area contributed by atoms with Crippen LogP contribution in [0, 0.1) is 0 Å². The van der Waals surface area contributed by atoms with Crippen LogP contribution in [-0.2, 0) is 14.3 Å². The van der Waals surface area contributed by atoms with Crippen LogP contribution in [0.5, 0.6) is 0 Å². The first-order valence-electron chi connectivity index (χ1n) is 7.23. The summed E-state index contributed by atoms with van der Waals surface area (Å²) in [6, 6.07) is 6.96. The fourth-order valence-corrected chi connectivity index (χ4v) is 2.24. The van der Waals surface area contributed by atoms with Gasteiger partial charge in [0, 0.05) is 4.90 Å². The van der Waals surface area contributed by atoms with Gasteiger partial charge in [0.2, 0.25) is 5.91 Å². The van der Waals surface area contributed by atoms with Crippen molar-refractivity contribution in [2.24, 2.45) is 0 Å². The van der Waals surface area contributed by atoms with E-state index in [9.17, 15) is 9.59 Å². The molecule has 0 fully saturated rings. The number of carboxylic acids is 1. The maximum absolute atomic E-state index is 11.9. The second kappa shape index (κ2) is 9.48. The number of carbonyl (C=O) groups excluding carboxylic acids is 1. The molecule has 122 valence electrons. The van der Waals surface area contributed by atoms with Crippen LogP contribution in [0.15, 0.2) is 29.2 Å². The van der Waals surface area contributed by atoms with Crippen molar-refractivity contribution < 1.29 is 19.4 Å². The fraction of sp³-hybridized carbons (Fsp3) is 0.500. The van der Waals surface area contributed by atoms with E-state index in [2.05, 4.69) is 5.32 Å². The van der Waals surface area contributed by atoms with Crippen molar-refractivity contribution in [1.82, 2.24) is 5.32 Å². The Kier molecular flexibility index (Phi) is 7.98. The molecule has 1 aromatic carbocycles. The second-order valence-corrected chi connectivity index (χ2v) is 5.90. The Morgan fingerprint density at radius 1 is 1.32 bits per heavy atom. The summed E-state index contributed by atoms with van der Waals surface area (Å²) >= 11 is 1.61. The van der Waals surface area contributed by atoms with E-state index in [0.717, 1.165) is 16.9 Å². The van der Waals surface area contributed by atoms with Crippen LogP contribution in [0.2, 0.25) is 0 Å². The van der Waals surface area contributed by atoms with E-state index < -0.39 is 12.0 Å². The summed E-state index contributed by atoms with van der Waals surface area (Å²) in [5.41, 5.74) is 0.775. The van der Waals surface area contributed by atoms with E-state index in [1.807, 2.05) is 44.4 Å². The zero-order chi connectivity index (χ0) is 16.5. The molecule has 0 aliphatic carbocycles. The summed E-state index contributed by atoms with van der Waals surface area (Å²) in [4.78, 5) is 24.0. The number of carbonyl (C=O) groups is 2. The largest absolute Gasteiger partial charge is 0.481 e. The van der Waals surface area contributed by atoms with Crippen LogP contribution in [0.1, 0.15) is 38.3 Å². The summed E-state index contributed by atoms with van der Waals surface area (Å²) in [7, 11) is 0. The van der Waals surface area contributed by atoms with Gasteiger partial charge >= 0.3 is 5.97 Å². The molecule has 0 aliphatic rings. The average Bonchev–Trinajstić information content (AvgIpc) is 2.51. The highest BCUT2D eigenvalue weighted by Gasteiger charge is 2.18. The highest BCUT2D eigenvalue weighted by atomic mass is 32.2. The smallest absolute Gasteiger partial charge is 0.305 e. The number of benzene rings is 1. The number of thioether (sulfide) groups is 1. The molecule has 1 amide bonds. The lowest BCUT2D eigenvalue weighted by Gasteiger charge is -2.18. The van der Waals surface area contributed by atoms with E-state index in [1.54, 1.807) is 11.8 Å². The molecule has 0 saturated heterocycles. The standard InChI is InChI=1S/C16H23NO4S/c1-4-11(2)21-10-15(18)17-14(9-16(19)20)12-5-7-13(22-3)8-6-12/h5-8,11,14H,4,9-10H2,1-3H3,(H,17,18)(H,19,20). The maximum Gasteiger partial charge on any atom is 0.305 e. The Bertz CT molecular complexity index is 489. The molecule has 0 aromatic heterocycles. The van der Waals surface area contributed by atoms with E-state index >= 15 is 0 Å². The highest BCUT2D eigenvalue weighted by Crippen LogP contribution is 2.21. The van der Waals surface area contributed by atoms with Crippen LogP contribution in [-0.4, -0.2) is 35.9 Å². The molecule has 0 radical (unpaired) electrons. The van der Waals surface area contributed by atoms with Crippen molar-refractivity contribution in [3.8, 4) is 0 Å². The molecular weight excluding hydrogens is 302 g/mol. The molecule has 1 aromatic rings. The number of aliphatic carboxylic acids is 1. The number of ether oxygens (including phenoxy) is 1. The molecule has 0 saturated carbocycles. The molecule has 0 spiro atoms. The van der Waals surface area contributed by atoms with Crippen molar-refractivity contribution in [2.75, 3.05) is 12.9 Å². The Balaban J connectivity index is 2.71. The summed E-state index contributed by atoms with van der Waals surface area (Å²) in [5, 5.41) is 11.8. The monoisotopic (exact) mass is 325 g/mol. The number of hydrogen-bond donors (Lipinski definition) is 2. The quantitative estimate of drug-likeness (QED) is 0.683. The van der Waals surface area contributed by atoms with E-state index in [0.29, 0.717) is 0 Å². The number of amides is 1. The first-order valence-corrected chi connectivity index (χ1v) is 8.45. The van der Waals surface area contributed by atoms with Gasteiger partial charge in [-0.15, -0.1) is 11.8 Å². The zero-order valence-corrected chi connectivity index (χ0v) is 14.0. The van der Waals surface area contributed by atoms with Gasteiger partial charge in [0.1, 0.15) is 6.61 Å². The van der Waals surface area contributed by atoms with Gasteiger partial charge in [0.05, 0.1) is 18.6 Å². The van der Waals surface area contributed by atoms with Crippen molar-refractivity contribution >= 4 is 23.6 Å². The topological polar surface area (TPSA) is 75.6 Å². The van der Waals surface area contributed by atoms with E-state index in [4.69, 9.17) is 9.84 Å². The molecule has 2 unspecified atom stereocenters. The van der Waals surface area contributed by atoms with Gasteiger partial charge in [0.15, 0.2) is 0 Å². The van der Waals surface area contributed by atoms with Crippen LogP contribution >= 0.6 is 11.8 Å². The minimum atomic E-state index is -0.956. The summed E-state index contributed by atoms with van der Waals surface area (Å²) in [6.07, 6.45) is 2.64. The number of nitrogens with one attached hydrogen (secondary N) is 1. The number of hydrogen-bond acceptors (Lipinski definition) is 4. The molecule has 0 heterocycles. The first-order chi connectivity index (χ1) is 10.5. The Labute approximate surface area is 135 Å². The third kappa shape index (κ3) is 6.49. The lowest BCUT2D eigenvalue weighted by Crippen LogP contribution is -2.33. The molecule has 2 N–H and O–H groups in total. The van der Waals surface area contributed by atoms with Gasteiger partial charge in [-0.1, -0.05) is 19.1 Å². The van der Waals surface area contributed by atoms with Crippen molar-refractivity contribution in [1.29, 1.82) is 0 Å². The second-order valence-electron chi connectivity index (χ2n) is 5.02. The lowest BCUT2D eigenvalue weighted by molar-refractivity contribution is -0.138. The lowest BCUT2D eigenvalue weighted by atomic mass is 10.0. The van der Waals surface area contributed by atoms with E-state index in [1.165, 1.54) is 0 Å². The van der Waals surface area contributed by atoms with Crippen LogP contribution in [0.4, 0.5) is 0 Å². The fourth-order valence-electron chi connectivity index (χ4n) is 1.83. The van der Waals surface area contributed by atoms with Gasteiger partial charge < -0.3 is 15.2 Å². The normalized spacial score (nSPS) is 13.4. The molecule has 0 bridgehead atoms. The molecule has 6 heteroatoms. The first kappa shape index (κ1) is 18.5. The summed E-state index contributed by atoms with van der Waals surface area (Å²) in [6.45, 7) is 3.81. The third-order valence-electron chi connectivity index (χ3n) is 3.31. The Morgan fingerprint density at radius 2 is 1.95 bits per heavy atom. The number of carboxylic acid groups (broad SMARTS) is 1. The highest BCUT2D eigenvalue weighted by molar-refractivity contribution is 7.98. The average molecular weight is 325 g/mol. The van der Waals surface area contributed by atoms with Crippen LogP contribution in [0.25, 0.3) is 0 Å². The molecule has 0 aliphatic heterocycles. The minimum absolute atomic E-state index is 0.00420. The van der Waals surface area contributed by atoms with E-state index in [-0.39, 0.29) is 25.0 Å². The van der Waals surface area contributed by atoms with Gasteiger partial charge in [-0.2, -0.15) is 0 Å². The predicted octanol–water partition coefficient (Wildman–Crippen LogP) is 2.86. The van der Waals surface area contributed by atoms with Crippen LogP contribution < -0.4 is 5.32 Å². The Hall–Kier alpha value is -1.53. The predicted molar refractivity (Wildman–Crippen MR) is 87.1 cm³/mol. The molecular formula is C16H23NO4S. The molecule has 5 nitrogen and oxygen atoms in total. The van der Waals surface area contributed by atoms with Gasteiger partial charge in [-0.3, -0.25) is 9.59 Å². The van der Waals surface area contributed by atoms with Crippen LogP contribution in [0.3, 0.4) is 0 Å². The molecule has 22 heavy (non-hydrogen) atoms. The molecule has 2 atom stereocenters. The van der Waals surface area contributed by atoms with Crippen molar-refractivity contribution in [3.63, 3.8) is 0 Å². The third-order valence-corrected chi connectivity index (χ3v) is 4.05. The Morgan fingerprint density at radius 3 is 2.45 bits per heavy atom. The van der Waals surface area contributed by atoms with Crippen molar-refractivity contribution in [3.05, 3.63) is 29.8 Å². The van der Waals surface area contributed by atoms with Crippen molar-refractivity contribution in [2.45, 2.75) is 43.7 Å². The summed E-state index contributed by atoms with van der Waals surface area (Å²) < 4.78 is 5.37. The van der Waals surface area contributed by atoms with Gasteiger partial charge in [0.25, 0.3) is 0 Å².